The average Bonchev–Trinajstić information content (AvgIpc) is 2.67. The van der Waals surface area contributed by atoms with Crippen LogP contribution in [0.15, 0.2) is 61.2 Å². The van der Waals surface area contributed by atoms with Gasteiger partial charge in [0.1, 0.15) is 11.8 Å². The van der Waals surface area contributed by atoms with Crippen molar-refractivity contribution in [2.24, 2.45) is 0 Å². The third-order valence-electron chi connectivity index (χ3n) is 4.53. The Bertz CT molecular complexity index is 911. The summed E-state index contributed by atoms with van der Waals surface area (Å²) in [6.07, 6.45) is 1.76. The van der Waals surface area contributed by atoms with E-state index in [0.29, 0.717) is 35.7 Å². The number of benzene rings is 2. The third-order valence-corrected chi connectivity index (χ3v) is 4.53. The molecule has 2 aromatic carbocycles. The molecule has 0 saturated carbocycles. The lowest BCUT2D eigenvalue weighted by molar-refractivity contribution is -0.141. The van der Waals surface area contributed by atoms with Crippen molar-refractivity contribution in [1.82, 2.24) is 4.90 Å². The summed E-state index contributed by atoms with van der Waals surface area (Å²) in [7, 11) is 1.48. The van der Waals surface area contributed by atoms with E-state index in [4.69, 9.17) is 4.74 Å². The van der Waals surface area contributed by atoms with Crippen LogP contribution in [0.4, 0.5) is 11.4 Å². The highest BCUT2D eigenvalue weighted by Gasteiger charge is 2.36. The van der Waals surface area contributed by atoms with Crippen LogP contribution in [0, 0.1) is 0 Å². The van der Waals surface area contributed by atoms with Crippen LogP contribution < -0.4 is 15.4 Å². The maximum Gasteiger partial charge on any atom is 0.255 e. The standard InChI is InChI=1S/C21H21N3O4/c1-3-19(25)24-12-11-17(24)21(27)23-16-13-14(9-10-18(16)28-2)20(26)22-15-7-5-4-6-8-15/h3-10,13,17H,1,11-12H2,2H3,(H,22,26)(H,23,27)/t17-/m0/s1. The summed E-state index contributed by atoms with van der Waals surface area (Å²) < 4.78 is 5.28. The van der Waals surface area contributed by atoms with Crippen molar-refractivity contribution in [3.05, 3.63) is 66.7 Å². The highest BCUT2D eigenvalue weighted by atomic mass is 16.5. The number of ether oxygens (including phenoxy) is 1. The number of hydrogen-bond donors (Lipinski definition) is 2. The first-order chi connectivity index (χ1) is 13.5. The highest BCUT2D eigenvalue weighted by Crippen LogP contribution is 2.28. The first-order valence-corrected chi connectivity index (χ1v) is 8.82. The molecule has 1 fully saturated rings. The average molecular weight is 379 g/mol. The Labute approximate surface area is 163 Å². The molecule has 1 atom stereocenters. The minimum Gasteiger partial charge on any atom is -0.495 e. The molecule has 0 radical (unpaired) electrons. The van der Waals surface area contributed by atoms with Gasteiger partial charge in [0, 0.05) is 17.8 Å². The quantitative estimate of drug-likeness (QED) is 0.756. The number of amides is 3. The van der Waals surface area contributed by atoms with Gasteiger partial charge < -0.3 is 20.3 Å². The van der Waals surface area contributed by atoms with E-state index in [2.05, 4.69) is 17.2 Å². The fraction of sp³-hybridized carbons (Fsp3) is 0.190. The monoisotopic (exact) mass is 379 g/mol. The molecule has 144 valence electrons. The van der Waals surface area contributed by atoms with Gasteiger partial charge in [-0.25, -0.2) is 0 Å². The minimum absolute atomic E-state index is 0.283. The molecule has 3 amide bonds. The summed E-state index contributed by atoms with van der Waals surface area (Å²) in [4.78, 5) is 38.3. The predicted octanol–water partition coefficient (Wildman–Crippen LogP) is 2.67. The zero-order chi connectivity index (χ0) is 20.1. The Balaban J connectivity index is 1.76. The van der Waals surface area contributed by atoms with E-state index >= 15 is 0 Å². The number of rotatable bonds is 6. The topological polar surface area (TPSA) is 87.7 Å². The van der Waals surface area contributed by atoms with Crippen LogP contribution in [0.2, 0.25) is 0 Å². The van der Waals surface area contributed by atoms with Crippen molar-refractivity contribution in [2.75, 3.05) is 24.3 Å². The Morgan fingerprint density at radius 3 is 2.50 bits per heavy atom. The fourth-order valence-corrected chi connectivity index (χ4v) is 2.93. The Hall–Kier alpha value is -3.61. The summed E-state index contributed by atoms with van der Waals surface area (Å²) in [6.45, 7) is 3.96. The predicted molar refractivity (Wildman–Crippen MR) is 106 cm³/mol. The van der Waals surface area contributed by atoms with Crippen LogP contribution in [-0.2, 0) is 9.59 Å². The molecule has 2 aromatic rings. The van der Waals surface area contributed by atoms with E-state index in [9.17, 15) is 14.4 Å². The lowest BCUT2D eigenvalue weighted by Crippen LogP contribution is -2.56. The second-order valence-corrected chi connectivity index (χ2v) is 6.26. The van der Waals surface area contributed by atoms with Crippen LogP contribution in [0.3, 0.4) is 0 Å². The highest BCUT2D eigenvalue weighted by molar-refractivity contribution is 6.06. The Morgan fingerprint density at radius 2 is 1.89 bits per heavy atom. The van der Waals surface area contributed by atoms with Gasteiger partial charge in [-0.2, -0.15) is 0 Å². The lowest BCUT2D eigenvalue weighted by atomic mass is 10.0. The number of anilines is 2. The Morgan fingerprint density at radius 1 is 1.14 bits per heavy atom. The summed E-state index contributed by atoms with van der Waals surface area (Å²) in [5, 5.41) is 5.55. The largest absolute Gasteiger partial charge is 0.495 e. The van der Waals surface area contributed by atoms with E-state index in [1.165, 1.54) is 18.1 Å². The molecule has 1 heterocycles. The molecule has 0 spiro atoms. The maximum atomic E-state index is 12.6. The number of carbonyl (C=O) groups is 3. The zero-order valence-corrected chi connectivity index (χ0v) is 15.5. The number of nitrogens with one attached hydrogen (secondary N) is 2. The van der Waals surface area contributed by atoms with Crippen LogP contribution in [-0.4, -0.2) is 42.3 Å². The van der Waals surface area contributed by atoms with Crippen LogP contribution in [0.1, 0.15) is 16.8 Å². The van der Waals surface area contributed by atoms with Gasteiger partial charge in [-0.05, 0) is 42.8 Å². The van der Waals surface area contributed by atoms with Crippen molar-refractivity contribution in [3.8, 4) is 5.75 Å². The molecule has 1 aliphatic rings. The molecule has 3 rings (SSSR count). The van der Waals surface area contributed by atoms with Crippen LogP contribution >= 0.6 is 0 Å². The van der Waals surface area contributed by atoms with E-state index < -0.39 is 6.04 Å². The molecule has 0 unspecified atom stereocenters. The van der Waals surface area contributed by atoms with Crippen molar-refractivity contribution >= 4 is 29.1 Å². The van der Waals surface area contributed by atoms with Crippen molar-refractivity contribution in [3.63, 3.8) is 0 Å². The fourth-order valence-electron chi connectivity index (χ4n) is 2.93. The van der Waals surface area contributed by atoms with Crippen molar-refractivity contribution in [1.29, 1.82) is 0 Å². The summed E-state index contributed by atoms with van der Waals surface area (Å²) in [5.74, 6) is -0.503. The summed E-state index contributed by atoms with van der Waals surface area (Å²) in [6, 6.07) is 13.3. The maximum absolute atomic E-state index is 12.6. The molecule has 1 aliphatic heterocycles. The first-order valence-electron chi connectivity index (χ1n) is 8.82. The SMILES string of the molecule is C=CC(=O)N1CC[C@H]1C(=O)Nc1cc(C(=O)Nc2ccccc2)ccc1OC. The summed E-state index contributed by atoms with van der Waals surface area (Å²) >= 11 is 0. The van der Waals surface area contributed by atoms with Crippen LogP contribution in [0.25, 0.3) is 0 Å². The van der Waals surface area contributed by atoms with Gasteiger partial charge in [0.15, 0.2) is 0 Å². The smallest absolute Gasteiger partial charge is 0.255 e. The number of nitrogens with zero attached hydrogens (tertiary/aromatic N) is 1. The van der Waals surface area contributed by atoms with Gasteiger partial charge in [0.2, 0.25) is 11.8 Å². The van der Waals surface area contributed by atoms with E-state index in [-0.39, 0.29) is 17.7 Å². The molecule has 0 aliphatic carbocycles. The second-order valence-electron chi connectivity index (χ2n) is 6.26. The molecule has 7 nitrogen and oxygen atoms in total. The Kier molecular flexibility index (Phi) is 5.74. The van der Waals surface area contributed by atoms with Crippen molar-refractivity contribution < 1.29 is 19.1 Å². The molecule has 2 N–H and O–H groups in total. The van der Waals surface area contributed by atoms with Crippen LogP contribution in [0.5, 0.6) is 5.75 Å². The van der Waals surface area contributed by atoms with Gasteiger partial charge in [-0.3, -0.25) is 14.4 Å². The van der Waals surface area contributed by atoms with Gasteiger partial charge in [0.25, 0.3) is 5.91 Å². The molecular weight excluding hydrogens is 358 g/mol. The lowest BCUT2D eigenvalue weighted by Gasteiger charge is -2.39. The number of likely N-dealkylation sites (tertiary alicyclic amines) is 1. The van der Waals surface area contributed by atoms with E-state index in [0.717, 1.165) is 0 Å². The molecule has 7 heteroatoms. The van der Waals surface area contributed by atoms with Gasteiger partial charge >= 0.3 is 0 Å². The normalized spacial score (nSPS) is 15.2. The molecule has 0 aromatic heterocycles. The zero-order valence-electron chi connectivity index (χ0n) is 15.5. The minimum atomic E-state index is -0.558. The number of hydrogen-bond acceptors (Lipinski definition) is 4. The number of para-hydroxylation sites is 1. The molecule has 0 bridgehead atoms. The van der Waals surface area contributed by atoms with Gasteiger partial charge in [-0.15, -0.1) is 0 Å². The van der Waals surface area contributed by atoms with Gasteiger partial charge in [-0.1, -0.05) is 24.8 Å². The third kappa shape index (κ3) is 4.03. The molecule has 1 saturated heterocycles. The second kappa shape index (κ2) is 8.39. The van der Waals surface area contributed by atoms with E-state index in [1.807, 2.05) is 18.2 Å². The summed E-state index contributed by atoms with van der Waals surface area (Å²) in [5.41, 5.74) is 1.40. The first kappa shape index (κ1) is 19.2. The molecular formula is C21H21N3O4. The number of carbonyl (C=O) groups excluding carboxylic acids is 3. The molecule has 28 heavy (non-hydrogen) atoms. The van der Waals surface area contributed by atoms with Gasteiger partial charge in [0.05, 0.1) is 12.8 Å². The van der Waals surface area contributed by atoms with Crippen molar-refractivity contribution in [2.45, 2.75) is 12.5 Å². The number of methoxy groups -OCH3 is 1. The van der Waals surface area contributed by atoms with E-state index in [1.54, 1.807) is 30.3 Å².